The number of unbranched alkanes of at least 4 members (excludes halogenated alkanes) is 27. The fraction of sp³-hybridized carbons (Fsp3) is 0.694. The Hall–Kier alpha value is -4.80. The molecule has 19 heteroatoms. The maximum absolute atomic E-state index is 13.1. The van der Waals surface area contributed by atoms with Gasteiger partial charge in [-0.05, 0) is 167 Å². The number of phosphoric acid groups is 2. The zero-order chi connectivity index (χ0) is 76.0. The minimum absolute atomic E-state index is 0.0676. The van der Waals surface area contributed by atoms with Gasteiger partial charge in [0.25, 0.3) is 0 Å². The number of allylic oxidation sites excluding steroid dienone is 22. The summed E-state index contributed by atoms with van der Waals surface area (Å²) >= 11 is 0. The molecule has 0 saturated carbocycles. The van der Waals surface area contributed by atoms with E-state index in [9.17, 15) is 43.2 Å². The van der Waals surface area contributed by atoms with Crippen LogP contribution in [0.25, 0.3) is 0 Å². The van der Waals surface area contributed by atoms with Gasteiger partial charge < -0.3 is 33.8 Å². The van der Waals surface area contributed by atoms with Crippen molar-refractivity contribution in [1.29, 1.82) is 0 Å². The standard InChI is InChI=1S/C85H144O17P2/c1-5-9-13-17-21-25-29-33-37-38-39-40-44-46-50-54-58-62-66-70-83(88)96-76-81(102-85(90)72-68-64-60-56-52-48-43-36-32-28-24-20-16-12-8-4)78-100-104(93,94)98-74-79(86)73-97-103(91,92)99-77-80(101-84(89)71-67-63-59-55-51-47-42-35-31-27-23-19-15-11-7-3)75-95-82(87)69-65-61-57-53-49-45-41-34-30-26-22-18-14-10-6-2/h9,13,21-28,33-37,39-43,46,50,79-81,86H,5-8,10-12,14-20,29-32,38,44-45,47-49,51-78H2,1-4H3,(H,91,92)(H,93,94)/b13-9-,25-21-,26-22-,27-23-,28-24-,37-33-,40-39-,41-34-,42-35-,43-36-,50-46-/t79-,80+,81+/m0/s1. The van der Waals surface area contributed by atoms with E-state index in [0.717, 1.165) is 186 Å². The minimum Gasteiger partial charge on any atom is -0.462 e. The molecular formula is C85H144O17P2. The first-order valence-electron chi connectivity index (χ1n) is 40.4. The lowest BCUT2D eigenvalue weighted by molar-refractivity contribution is -0.161. The van der Waals surface area contributed by atoms with Crippen LogP contribution in [0.2, 0.25) is 0 Å². The monoisotopic (exact) mass is 1500 g/mol. The van der Waals surface area contributed by atoms with Crippen molar-refractivity contribution in [3.8, 4) is 0 Å². The number of aliphatic hydroxyl groups excluding tert-OH is 1. The Morgan fingerprint density at radius 1 is 0.279 bits per heavy atom. The maximum atomic E-state index is 13.1. The molecule has 0 aromatic carbocycles. The molecule has 0 heterocycles. The summed E-state index contributed by atoms with van der Waals surface area (Å²) in [5.41, 5.74) is 0. The molecule has 0 aromatic rings. The highest BCUT2D eigenvalue weighted by Crippen LogP contribution is 2.45. The largest absolute Gasteiger partial charge is 0.472 e. The third-order valence-corrected chi connectivity index (χ3v) is 18.5. The molecule has 0 saturated heterocycles. The summed E-state index contributed by atoms with van der Waals surface area (Å²) in [6.07, 6.45) is 85.6. The van der Waals surface area contributed by atoms with Gasteiger partial charge in [0, 0.05) is 25.7 Å². The first-order valence-corrected chi connectivity index (χ1v) is 43.4. The van der Waals surface area contributed by atoms with Crippen molar-refractivity contribution in [1.82, 2.24) is 0 Å². The van der Waals surface area contributed by atoms with Crippen molar-refractivity contribution in [2.24, 2.45) is 0 Å². The molecule has 0 radical (unpaired) electrons. The first-order chi connectivity index (χ1) is 50.7. The van der Waals surface area contributed by atoms with Crippen LogP contribution in [0, 0.1) is 0 Å². The van der Waals surface area contributed by atoms with Crippen LogP contribution in [-0.4, -0.2) is 96.7 Å². The maximum Gasteiger partial charge on any atom is 0.472 e. The predicted molar refractivity (Wildman–Crippen MR) is 427 cm³/mol. The molecule has 5 atom stereocenters. The van der Waals surface area contributed by atoms with Crippen molar-refractivity contribution in [2.75, 3.05) is 39.6 Å². The van der Waals surface area contributed by atoms with Gasteiger partial charge >= 0.3 is 39.5 Å². The van der Waals surface area contributed by atoms with E-state index in [0.29, 0.717) is 25.7 Å². The summed E-state index contributed by atoms with van der Waals surface area (Å²) in [4.78, 5) is 73.1. The van der Waals surface area contributed by atoms with Crippen LogP contribution in [0.1, 0.15) is 323 Å². The molecule has 3 N–H and O–H groups in total. The van der Waals surface area contributed by atoms with Crippen LogP contribution in [0.4, 0.5) is 0 Å². The van der Waals surface area contributed by atoms with E-state index in [2.05, 4.69) is 161 Å². The molecule has 0 aliphatic rings. The number of aliphatic hydroxyl groups is 1. The summed E-state index contributed by atoms with van der Waals surface area (Å²) in [6, 6.07) is 0. The number of carbonyl (C=O) groups excluding carboxylic acids is 4. The number of rotatable bonds is 75. The van der Waals surface area contributed by atoms with E-state index in [1.807, 2.05) is 0 Å². The zero-order valence-corrected chi connectivity index (χ0v) is 66.9. The molecule has 0 fully saturated rings. The van der Waals surface area contributed by atoms with Crippen LogP contribution in [-0.2, 0) is 65.4 Å². The molecule has 0 aliphatic carbocycles. The zero-order valence-electron chi connectivity index (χ0n) is 65.2. The molecule has 0 spiro atoms. The highest BCUT2D eigenvalue weighted by atomic mass is 31.2. The number of esters is 4. The van der Waals surface area contributed by atoms with Crippen LogP contribution >= 0.6 is 15.6 Å². The second-order valence-corrected chi connectivity index (χ2v) is 29.5. The van der Waals surface area contributed by atoms with Gasteiger partial charge in [-0.15, -0.1) is 0 Å². The Labute approximate surface area is 631 Å². The highest BCUT2D eigenvalue weighted by Gasteiger charge is 2.30. The minimum atomic E-state index is -4.99. The van der Waals surface area contributed by atoms with Crippen molar-refractivity contribution in [2.45, 2.75) is 341 Å². The molecule has 0 amide bonds. The Balaban J connectivity index is 5.43. The summed E-state index contributed by atoms with van der Waals surface area (Å²) in [7, 11) is -9.98. The van der Waals surface area contributed by atoms with Crippen LogP contribution in [0.15, 0.2) is 134 Å². The fourth-order valence-corrected chi connectivity index (χ4v) is 12.0. The van der Waals surface area contributed by atoms with E-state index in [1.165, 1.54) is 57.8 Å². The summed E-state index contributed by atoms with van der Waals surface area (Å²) in [6.45, 7) is 4.61. The molecule has 0 aromatic heterocycles. The van der Waals surface area contributed by atoms with Gasteiger partial charge in [0.1, 0.15) is 19.3 Å². The van der Waals surface area contributed by atoms with Crippen molar-refractivity contribution < 1.29 is 80.2 Å². The quantitative estimate of drug-likeness (QED) is 0.0169. The van der Waals surface area contributed by atoms with Crippen LogP contribution in [0.5, 0.6) is 0 Å². The van der Waals surface area contributed by atoms with E-state index < -0.39 is 97.5 Å². The van der Waals surface area contributed by atoms with E-state index >= 15 is 0 Å². The molecule has 0 bridgehead atoms. The van der Waals surface area contributed by atoms with Gasteiger partial charge in [0.05, 0.1) is 26.4 Å². The Bertz CT molecular complexity index is 2490. The van der Waals surface area contributed by atoms with Crippen LogP contribution in [0.3, 0.4) is 0 Å². The fourth-order valence-electron chi connectivity index (χ4n) is 10.4. The molecular weight excluding hydrogens is 1350 g/mol. The molecule has 0 rings (SSSR count). The van der Waals surface area contributed by atoms with E-state index in [1.54, 1.807) is 0 Å². The molecule has 596 valence electrons. The Morgan fingerprint density at radius 2 is 0.500 bits per heavy atom. The van der Waals surface area contributed by atoms with Crippen molar-refractivity contribution >= 4 is 39.5 Å². The van der Waals surface area contributed by atoms with E-state index in [4.69, 9.17) is 37.0 Å². The molecule has 2 unspecified atom stereocenters. The topological polar surface area (TPSA) is 237 Å². The lowest BCUT2D eigenvalue weighted by Gasteiger charge is -2.21. The Kier molecular flexibility index (Phi) is 72.9. The number of phosphoric ester groups is 2. The second-order valence-electron chi connectivity index (χ2n) is 26.6. The smallest absolute Gasteiger partial charge is 0.462 e. The summed E-state index contributed by atoms with van der Waals surface area (Å²) in [5.74, 6) is -2.25. The van der Waals surface area contributed by atoms with Gasteiger partial charge in [-0.1, -0.05) is 264 Å². The van der Waals surface area contributed by atoms with Gasteiger partial charge in [-0.2, -0.15) is 0 Å². The van der Waals surface area contributed by atoms with Crippen molar-refractivity contribution in [3.63, 3.8) is 0 Å². The average Bonchev–Trinajstić information content (AvgIpc) is 0.918. The van der Waals surface area contributed by atoms with Crippen molar-refractivity contribution in [3.05, 3.63) is 134 Å². The third-order valence-electron chi connectivity index (χ3n) is 16.6. The number of hydrogen-bond acceptors (Lipinski definition) is 15. The van der Waals surface area contributed by atoms with Gasteiger partial charge in [-0.3, -0.25) is 37.3 Å². The first kappa shape index (κ1) is 99.2. The van der Waals surface area contributed by atoms with Crippen LogP contribution < -0.4 is 0 Å². The molecule has 104 heavy (non-hydrogen) atoms. The van der Waals surface area contributed by atoms with Gasteiger partial charge in [0.2, 0.25) is 0 Å². The number of carbonyl (C=O) groups is 4. The van der Waals surface area contributed by atoms with Gasteiger partial charge in [0.15, 0.2) is 12.2 Å². The Morgan fingerprint density at radius 3 is 0.779 bits per heavy atom. The number of ether oxygens (including phenoxy) is 4. The molecule has 0 aliphatic heterocycles. The lowest BCUT2D eigenvalue weighted by Crippen LogP contribution is -2.30. The third kappa shape index (κ3) is 75.4. The number of hydrogen-bond donors (Lipinski definition) is 3. The van der Waals surface area contributed by atoms with E-state index in [-0.39, 0.29) is 25.7 Å². The highest BCUT2D eigenvalue weighted by molar-refractivity contribution is 7.47. The summed E-state index contributed by atoms with van der Waals surface area (Å²) < 4.78 is 68.6. The molecule has 17 nitrogen and oxygen atoms in total. The SMILES string of the molecule is CC/C=C\C/C=C\C/C=C\C/C=C\C/C=C\CCCCCC(=O)OC[C@H](COP(=O)(O)OC[C@@H](O)COP(=O)(O)OC[C@@H](COC(=O)CCCCCCC/C=C\C/C=C\CCCCC)OC(=O)CCCCCCC/C=C\C/C=C\CCCCC)OC(=O)CCCCCCC/C=C\C/C=C\CCCCC. The van der Waals surface area contributed by atoms with Gasteiger partial charge in [-0.25, -0.2) is 9.13 Å². The normalized spacial score (nSPS) is 14.6. The second kappa shape index (κ2) is 76.4. The average molecular weight is 1500 g/mol. The summed E-state index contributed by atoms with van der Waals surface area (Å²) in [5, 5.41) is 10.6. The predicted octanol–water partition coefficient (Wildman–Crippen LogP) is 23.7. The lowest BCUT2D eigenvalue weighted by atomic mass is 10.1.